The van der Waals surface area contributed by atoms with Gasteiger partial charge in [-0.2, -0.15) is 5.10 Å². The van der Waals surface area contributed by atoms with Crippen LogP contribution in [0.2, 0.25) is 25.7 Å². The molecule has 1 aromatic rings. The normalized spacial score (nSPS) is 24.0. The third-order valence-corrected chi connectivity index (χ3v) is 5.01. The molecule has 1 saturated heterocycles. The van der Waals surface area contributed by atoms with Gasteiger partial charge in [0.15, 0.2) is 0 Å². The molecule has 0 saturated carbocycles. The van der Waals surface area contributed by atoms with Crippen molar-refractivity contribution in [1.82, 2.24) is 9.78 Å². The van der Waals surface area contributed by atoms with Gasteiger partial charge in [-0.1, -0.05) is 19.6 Å². The molecule has 6 heteroatoms. The largest absolute Gasteiger partial charge is 0.370 e. The van der Waals surface area contributed by atoms with Gasteiger partial charge in [-0.3, -0.25) is 0 Å². The van der Waals surface area contributed by atoms with Crippen molar-refractivity contribution in [2.45, 2.75) is 51.0 Å². The van der Waals surface area contributed by atoms with Crippen LogP contribution in [0.15, 0.2) is 12.3 Å². The first-order chi connectivity index (χ1) is 8.96. The van der Waals surface area contributed by atoms with Gasteiger partial charge >= 0.3 is 0 Å². The molecular formula is C13H25N3O2Si. The lowest BCUT2D eigenvalue weighted by molar-refractivity contribution is 0.0740. The summed E-state index contributed by atoms with van der Waals surface area (Å²) in [6.07, 6.45) is 2.78. The van der Waals surface area contributed by atoms with Gasteiger partial charge < -0.3 is 15.2 Å². The molecular weight excluding hydrogens is 258 g/mol. The molecule has 2 unspecified atom stereocenters. The van der Waals surface area contributed by atoms with Gasteiger partial charge in [0.1, 0.15) is 12.8 Å². The maximum Gasteiger partial charge on any atom is 0.139 e. The summed E-state index contributed by atoms with van der Waals surface area (Å²) in [5.74, 6) is 0. The van der Waals surface area contributed by atoms with Gasteiger partial charge in [-0.15, -0.1) is 0 Å². The predicted octanol–water partition coefficient (Wildman–Crippen LogP) is 1.98. The minimum Gasteiger partial charge on any atom is -0.370 e. The van der Waals surface area contributed by atoms with Crippen molar-refractivity contribution < 1.29 is 9.47 Å². The Bertz CT molecular complexity index is 403. The second-order valence-corrected chi connectivity index (χ2v) is 12.0. The maximum absolute atomic E-state index is 5.99. The molecule has 2 rings (SSSR count). The number of hydrogen-bond donors (Lipinski definition) is 1. The van der Waals surface area contributed by atoms with Crippen LogP contribution < -0.4 is 5.73 Å². The van der Waals surface area contributed by atoms with E-state index in [0.717, 1.165) is 25.3 Å². The molecule has 0 aliphatic carbocycles. The van der Waals surface area contributed by atoms with Crippen LogP contribution in [-0.4, -0.2) is 37.1 Å². The fraction of sp³-hybridized carbons (Fsp3) is 0.769. The molecule has 0 bridgehead atoms. The number of hydrogen-bond acceptors (Lipinski definition) is 4. The van der Waals surface area contributed by atoms with Crippen LogP contribution >= 0.6 is 0 Å². The van der Waals surface area contributed by atoms with Crippen LogP contribution in [0.3, 0.4) is 0 Å². The van der Waals surface area contributed by atoms with E-state index < -0.39 is 8.07 Å². The minimum absolute atomic E-state index is 0.0526. The van der Waals surface area contributed by atoms with Crippen molar-refractivity contribution in [3.63, 3.8) is 0 Å². The first-order valence-electron chi connectivity index (χ1n) is 6.94. The molecule has 1 aliphatic heterocycles. The van der Waals surface area contributed by atoms with E-state index >= 15 is 0 Å². The Hall–Kier alpha value is -0.693. The summed E-state index contributed by atoms with van der Waals surface area (Å²) in [6.45, 7) is 9.09. The van der Waals surface area contributed by atoms with Crippen molar-refractivity contribution in [1.29, 1.82) is 0 Å². The third kappa shape index (κ3) is 4.41. The van der Waals surface area contributed by atoms with Gasteiger partial charge in [0, 0.05) is 33.5 Å². The Morgan fingerprint density at radius 3 is 2.95 bits per heavy atom. The zero-order chi connectivity index (χ0) is 13.9. The van der Waals surface area contributed by atoms with Gasteiger partial charge in [-0.05, 0) is 18.5 Å². The number of nitrogens with zero attached hydrogens (tertiary/aromatic N) is 2. The van der Waals surface area contributed by atoms with Gasteiger partial charge in [0.2, 0.25) is 0 Å². The fourth-order valence-electron chi connectivity index (χ4n) is 2.05. The van der Waals surface area contributed by atoms with E-state index in [1.54, 1.807) is 0 Å². The van der Waals surface area contributed by atoms with E-state index in [0.29, 0.717) is 6.73 Å². The molecule has 0 aromatic carbocycles. The highest BCUT2D eigenvalue weighted by Crippen LogP contribution is 2.26. The summed E-state index contributed by atoms with van der Waals surface area (Å²) in [5.41, 5.74) is 6.90. The Morgan fingerprint density at radius 1 is 1.53 bits per heavy atom. The highest BCUT2D eigenvalue weighted by molar-refractivity contribution is 6.76. The lowest BCUT2D eigenvalue weighted by Crippen LogP contribution is -2.24. The van der Waals surface area contributed by atoms with E-state index in [9.17, 15) is 0 Å². The first-order valence-corrected chi connectivity index (χ1v) is 10.6. The average molecular weight is 283 g/mol. The van der Waals surface area contributed by atoms with Crippen molar-refractivity contribution in [3.05, 3.63) is 18.0 Å². The predicted molar refractivity (Wildman–Crippen MR) is 77.6 cm³/mol. The van der Waals surface area contributed by atoms with Gasteiger partial charge in [0.05, 0.1) is 5.69 Å². The summed E-state index contributed by atoms with van der Waals surface area (Å²) in [5, 5.41) is 4.47. The highest BCUT2D eigenvalue weighted by atomic mass is 28.3. The molecule has 19 heavy (non-hydrogen) atoms. The topological polar surface area (TPSA) is 62.3 Å². The summed E-state index contributed by atoms with van der Waals surface area (Å²) < 4.78 is 13.1. The SMILES string of the molecule is C[Si](C)(C)CCOCn1ccc(C2OCCC2N)n1. The molecule has 2 N–H and O–H groups in total. The van der Waals surface area contributed by atoms with Crippen LogP contribution in [0.4, 0.5) is 0 Å². The van der Waals surface area contributed by atoms with Crippen molar-refractivity contribution >= 4 is 8.07 Å². The van der Waals surface area contributed by atoms with Gasteiger partial charge in [-0.25, -0.2) is 4.68 Å². The van der Waals surface area contributed by atoms with Gasteiger partial charge in [0.25, 0.3) is 0 Å². The van der Waals surface area contributed by atoms with Crippen molar-refractivity contribution in [3.8, 4) is 0 Å². The molecule has 1 aromatic heterocycles. The van der Waals surface area contributed by atoms with Crippen LogP contribution in [0.25, 0.3) is 0 Å². The third-order valence-electron chi connectivity index (χ3n) is 3.31. The van der Waals surface area contributed by atoms with E-state index in [-0.39, 0.29) is 12.1 Å². The summed E-state index contributed by atoms with van der Waals surface area (Å²) in [7, 11) is -1.01. The molecule has 2 atom stereocenters. The number of nitrogens with two attached hydrogens (primary N) is 1. The lowest BCUT2D eigenvalue weighted by atomic mass is 10.1. The molecule has 0 amide bonds. The Balaban J connectivity index is 1.78. The second kappa shape index (κ2) is 6.17. The Morgan fingerprint density at radius 2 is 2.32 bits per heavy atom. The Labute approximate surface area is 116 Å². The monoisotopic (exact) mass is 283 g/mol. The summed E-state index contributed by atoms with van der Waals surface area (Å²) >= 11 is 0. The summed E-state index contributed by atoms with van der Waals surface area (Å²) in [6, 6.07) is 3.21. The quantitative estimate of drug-likeness (QED) is 0.640. The fourth-order valence-corrected chi connectivity index (χ4v) is 2.80. The standard InChI is InChI=1S/C13H25N3O2Si/c1-19(2,3)9-8-17-10-16-6-4-12(15-16)13-11(14)5-7-18-13/h4,6,11,13H,5,7-10,14H2,1-3H3. The zero-order valence-corrected chi connectivity index (χ0v) is 13.1. The molecule has 1 aliphatic rings. The van der Waals surface area contributed by atoms with E-state index in [1.807, 2.05) is 16.9 Å². The Kier molecular flexibility index (Phi) is 4.78. The number of ether oxygens (including phenoxy) is 2. The maximum atomic E-state index is 5.99. The van der Waals surface area contributed by atoms with Crippen molar-refractivity contribution in [2.24, 2.45) is 5.73 Å². The second-order valence-electron chi connectivity index (χ2n) is 6.37. The molecule has 1 fully saturated rings. The number of aromatic nitrogens is 2. The molecule has 0 radical (unpaired) electrons. The molecule has 108 valence electrons. The molecule has 2 heterocycles. The van der Waals surface area contributed by atoms with Crippen molar-refractivity contribution in [2.75, 3.05) is 13.2 Å². The lowest BCUT2D eigenvalue weighted by Gasteiger charge is -2.15. The minimum atomic E-state index is -1.01. The summed E-state index contributed by atoms with van der Waals surface area (Å²) in [4.78, 5) is 0. The van der Waals surface area contributed by atoms with Crippen LogP contribution in [0, 0.1) is 0 Å². The van der Waals surface area contributed by atoms with E-state index in [4.69, 9.17) is 15.2 Å². The smallest absolute Gasteiger partial charge is 0.139 e. The van der Waals surface area contributed by atoms with Crippen LogP contribution in [0.1, 0.15) is 18.2 Å². The number of rotatable bonds is 6. The molecule has 5 nitrogen and oxygen atoms in total. The van der Waals surface area contributed by atoms with E-state index in [1.165, 1.54) is 6.04 Å². The molecule has 0 spiro atoms. The first kappa shape index (κ1) is 14.7. The van der Waals surface area contributed by atoms with Crippen LogP contribution in [-0.2, 0) is 16.2 Å². The highest BCUT2D eigenvalue weighted by Gasteiger charge is 2.28. The zero-order valence-electron chi connectivity index (χ0n) is 12.1. The van der Waals surface area contributed by atoms with Crippen LogP contribution in [0.5, 0.6) is 0 Å². The van der Waals surface area contributed by atoms with E-state index in [2.05, 4.69) is 24.7 Å². The average Bonchev–Trinajstić information content (AvgIpc) is 2.91.